The topological polar surface area (TPSA) is 64.3 Å². The van der Waals surface area contributed by atoms with Crippen LogP contribution in [0.5, 0.6) is 5.75 Å². The molecular weight excluding hydrogens is 328 g/mol. The van der Waals surface area contributed by atoms with Gasteiger partial charge in [-0.15, -0.1) is 0 Å². The molecule has 0 spiro atoms. The normalized spacial score (nSPS) is 10.8. The smallest absolute Gasteiger partial charge is 0.356 e. The van der Waals surface area contributed by atoms with Gasteiger partial charge in [-0.1, -0.05) is 48.5 Å². The molecular formula is C21H16N2O3. The molecule has 1 aromatic heterocycles. The fraction of sp³-hybridized carbons (Fsp3) is 0.0476. The molecule has 0 bridgehead atoms. The summed E-state index contributed by atoms with van der Waals surface area (Å²) >= 11 is 0. The molecule has 0 saturated heterocycles. The number of para-hydroxylation sites is 1. The molecule has 0 unspecified atom stereocenters. The van der Waals surface area contributed by atoms with E-state index in [1.165, 1.54) is 0 Å². The zero-order valence-corrected chi connectivity index (χ0v) is 14.1. The number of carboxylic acid groups (broad SMARTS) is 1. The second-order valence-electron chi connectivity index (χ2n) is 5.83. The summed E-state index contributed by atoms with van der Waals surface area (Å²) in [5.41, 5.74) is 2.24. The summed E-state index contributed by atoms with van der Waals surface area (Å²) in [6, 6.07) is 22.9. The first-order valence-electron chi connectivity index (χ1n) is 8.14. The minimum atomic E-state index is -1.07. The molecule has 128 valence electrons. The predicted octanol–water partition coefficient (Wildman–Crippen LogP) is 4.40. The summed E-state index contributed by atoms with van der Waals surface area (Å²) in [5, 5.41) is 15.8. The zero-order valence-electron chi connectivity index (χ0n) is 14.1. The number of hydrogen-bond donors (Lipinski definition) is 1. The van der Waals surface area contributed by atoms with Gasteiger partial charge in [0.1, 0.15) is 5.75 Å². The van der Waals surface area contributed by atoms with Gasteiger partial charge in [0.25, 0.3) is 0 Å². The molecule has 3 aromatic carbocycles. The molecule has 0 aliphatic rings. The quantitative estimate of drug-likeness (QED) is 0.596. The lowest BCUT2D eigenvalue weighted by atomic mass is 10.1. The van der Waals surface area contributed by atoms with Crippen molar-refractivity contribution < 1.29 is 14.6 Å². The van der Waals surface area contributed by atoms with E-state index in [0.29, 0.717) is 11.4 Å². The molecule has 0 fully saturated rings. The van der Waals surface area contributed by atoms with Crippen LogP contribution in [0.15, 0.2) is 72.8 Å². The van der Waals surface area contributed by atoms with Crippen LogP contribution >= 0.6 is 0 Å². The standard InChI is InChI=1S/C21H16N2O3/c1-26-20-12-5-4-10-16(20)19-13-17(21(24)25)22-23(19)18-11-6-8-14-7-2-3-9-15(14)18/h2-13H,1H3,(H,24,25). The maximum atomic E-state index is 11.5. The Kier molecular flexibility index (Phi) is 3.89. The minimum Gasteiger partial charge on any atom is -0.496 e. The highest BCUT2D eigenvalue weighted by atomic mass is 16.5. The average molecular weight is 344 g/mol. The number of nitrogens with zero attached hydrogens (tertiary/aromatic N) is 2. The van der Waals surface area contributed by atoms with Gasteiger partial charge in [0.2, 0.25) is 0 Å². The van der Waals surface area contributed by atoms with Gasteiger partial charge in [0.05, 0.1) is 18.5 Å². The average Bonchev–Trinajstić information content (AvgIpc) is 3.13. The van der Waals surface area contributed by atoms with Crippen LogP contribution in [0.4, 0.5) is 0 Å². The third-order valence-electron chi connectivity index (χ3n) is 4.31. The third-order valence-corrected chi connectivity index (χ3v) is 4.31. The van der Waals surface area contributed by atoms with E-state index in [1.54, 1.807) is 17.9 Å². The third kappa shape index (κ3) is 2.59. The van der Waals surface area contributed by atoms with Crippen molar-refractivity contribution in [2.45, 2.75) is 0 Å². The van der Waals surface area contributed by atoms with E-state index in [4.69, 9.17) is 4.74 Å². The van der Waals surface area contributed by atoms with Gasteiger partial charge in [0.15, 0.2) is 5.69 Å². The fourth-order valence-electron chi connectivity index (χ4n) is 3.11. The van der Waals surface area contributed by atoms with E-state index in [0.717, 1.165) is 22.0 Å². The van der Waals surface area contributed by atoms with Crippen molar-refractivity contribution in [1.29, 1.82) is 0 Å². The van der Waals surface area contributed by atoms with Crippen molar-refractivity contribution in [2.24, 2.45) is 0 Å². The van der Waals surface area contributed by atoms with Crippen LogP contribution in [0.2, 0.25) is 0 Å². The monoisotopic (exact) mass is 344 g/mol. The van der Waals surface area contributed by atoms with Crippen LogP contribution < -0.4 is 4.74 Å². The first kappa shape index (κ1) is 15.9. The number of hydrogen-bond acceptors (Lipinski definition) is 3. The van der Waals surface area contributed by atoms with E-state index >= 15 is 0 Å². The molecule has 26 heavy (non-hydrogen) atoms. The minimum absolute atomic E-state index is 0.0150. The Morgan fingerprint density at radius 1 is 1.00 bits per heavy atom. The summed E-state index contributed by atoms with van der Waals surface area (Å²) in [6.45, 7) is 0. The predicted molar refractivity (Wildman–Crippen MR) is 100 cm³/mol. The maximum Gasteiger partial charge on any atom is 0.356 e. The van der Waals surface area contributed by atoms with E-state index < -0.39 is 5.97 Å². The van der Waals surface area contributed by atoms with Crippen LogP contribution in [0.1, 0.15) is 10.5 Å². The highest BCUT2D eigenvalue weighted by Crippen LogP contribution is 2.33. The molecule has 5 heteroatoms. The lowest BCUT2D eigenvalue weighted by molar-refractivity contribution is 0.0690. The van der Waals surface area contributed by atoms with E-state index in [9.17, 15) is 9.90 Å². The second-order valence-corrected chi connectivity index (χ2v) is 5.83. The molecule has 0 aliphatic heterocycles. The zero-order chi connectivity index (χ0) is 18.1. The highest BCUT2D eigenvalue weighted by Gasteiger charge is 2.19. The molecule has 4 aromatic rings. The number of aromatic nitrogens is 2. The first-order chi connectivity index (χ1) is 12.7. The summed E-state index contributed by atoms with van der Waals surface area (Å²) in [7, 11) is 1.59. The number of aromatic carboxylic acids is 1. The maximum absolute atomic E-state index is 11.5. The van der Waals surface area contributed by atoms with E-state index in [2.05, 4.69) is 5.10 Å². The molecule has 0 atom stereocenters. The van der Waals surface area contributed by atoms with Gasteiger partial charge in [-0.2, -0.15) is 5.10 Å². The Bertz CT molecular complexity index is 1110. The molecule has 0 radical (unpaired) electrons. The molecule has 1 heterocycles. The molecule has 1 N–H and O–H groups in total. The van der Waals surface area contributed by atoms with Gasteiger partial charge in [-0.25, -0.2) is 9.48 Å². The van der Waals surface area contributed by atoms with Crippen molar-refractivity contribution in [2.75, 3.05) is 7.11 Å². The molecule has 0 amide bonds. The van der Waals surface area contributed by atoms with Gasteiger partial charge in [-0.05, 0) is 29.7 Å². The lowest BCUT2D eigenvalue weighted by Gasteiger charge is -2.13. The molecule has 0 saturated carbocycles. The van der Waals surface area contributed by atoms with Gasteiger partial charge < -0.3 is 9.84 Å². The number of benzene rings is 3. The Balaban J connectivity index is 2.03. The molecule has 4 rings (SSSR count). The SMILES string of the molecule is COc1ccccc1-c1cc(C(=O)O)nn1-c1cccc2ccccc12. The Labute approximate surface area is 150 Å². The molecule has 5 nitrogen and oxygen atoms in total. The van der Waals surface area contributed by atoms with E-state index in [-0.39, 0.29) is 5.69 Å². The van der Waals surface area contributed by atoms with Crippen LogP contribution in [0.25, 0.3) is 27.7 Å². The van der Waals surface area contributed by atoms with Crippen LogP contribution in [0, 0.1) is 0 Å². The second kappa shape index (κ2) is 6.37. The number of rotatable bonds is 4. The van der Waals surface area contributed by atoms with Crippen LogP contribution in [-0.4, -0.2) is 28.0 Å². The summed E-state index contributed by atoms with van der Waals surface area (Å²) in [5.74, 6) is -0.411. The number of carbonyl (C=O) groups is 1. The van der Waals surface area contributed by atoms with Gasteiger partial charge >= 0.3 is 5.97 Å². The van der Waals surface area contributed by atoms with Gasteiger partial charge in [-0.3, -0.25) is 0 Å². The van der Waals surface area contributed by atoms with Crippen molar-refractivity contribution in [3.8, 4) is 22.7 Å². The van der Waals surface area contributed by atoms with E-state index in [1.807, 2.05) is 66.7 Å². The summed E-state index contributed by atoms with van der Waals surface area (Å²) in [6.07, 6.45) is 0. The highest BCUT2D eigenvalue weighted by molar-refractivity contribution is 5.92. The number of methoxy groups -OCH3 is 1. The van der Waals surface area contributed by atoms with Crippen molar-refractivity contribution >= 4 is 16.7 Å². The Morgan fingerprint density at radius 2 is 1.73 bits per heavy atom. The summed E-state index contributed by atoms with van der Waals surface area (Å²) in [4.78, 5) is 11.5. The molecule has 0 aliphatic carbocycles. The lowest BCUT2D eigenvalue weighted by Crippen LogP contribution is -2.03. The van der Waals surface area contributed by atoms with Crippen molar-refractivity contribution in [3.63, 3.8) is 0 Å². The largest absolute Gasteiger partial charge is 0.496 e. The fourth-order valence-corrected chi connectivity index (χ4v) is 3.11. The number of carboxylic acids is 1. The van der Waals surface area contributed by atoms with Crippen molar-refractivity contribution in [3.05, 3.63) is 78.5 Å². The Hall–Kier alpha value is -3.60. The number of fused-ring (bicyclic) bond motifs is 1. The summed E-state index contributed by atoms with van der Waals surface area (Å²) < 4.78 is 7.13. The Morgan fingerprint density at radius 3 is 2.54 bits per heavy atom. The van der Waals surface area contributed by atoms with Crippen LogP contribution in [0.3, 0.4) is 0 Å². The van der Waals surface area contributed by atoms with Crippen molar-refractivity contribution in [1.82, 2.24) is 9.78 Å². The van der Waals surface area contributed by atoms with Crippen LogP contribution in [-0.2, 0) is 0 Å². The van der Waals surface area contributed by atoms with Gasteiger partial charge in [0, 0.05) is 10.9 Å². The number of ether oxygens (including phenoxy) is 1. The first-order valence-corrected chi connectivity index (χ1v) is 8.14.